The molecule has 90 valence electrons. The van der Waals surface area contributed by atoms with Crippen LogP contribution in [0.1, 0.15) is 23.9 Å². The first kappa shape index (κ1) is 12.0. The second-order valence-corrected chi connectivity index (χ2v) is 4.10. The molecule has 1 atom stereocenters. The van der Waals surface area contributed by atoms with Gasteiger partial charge in [0.25, 0.3) is 0 Å². The molecular weight excluding hydrogens is 216 g/mol. The Balaban J connectivity index is 2.15. The lowest BCUT2D eigenvalue weighted by molar-refractivity contribution is 0.137. The number of rotatable bonds is 2. The third kappa shape index (κ3) is 2.99. The van der Waals surface area contributed by atoms with E-state index in [2.05, 4.69) is 20.9 Å². The fraction of sp³-hybridized carbons (Fsp3) is 0.583. The number of nitrogens with zero attached hydrogens (tertiary/aromatic N) is 4. The van der Waals surface area contributed by atoms with Crippen molar-refractivity contribution in [3.05, 3.63) is 23.8 Å². The first-order chi connectivity index (χ1) is 8.31. The SMILES string of the molecule is Cc1ncc(C(C#N)N2CCCOCC2)cn1. The van der Waals surface area contributed by atoms with Gasteiger partial charge in [-0.05, 0) is 13.3 Å². The van der Waals surface area contributed by atoms with Gasteiger partial charge in [-0.25, -0.2) is 9.97 Å². The van der Waals surface area contributed by atoms with Crippen LogP contribution in [0.15, 0.2) is 12.4 Å². The van der Waals surface area contributed by atoms with Crippen molar-refractivity contribution in [1.29, 1.82) is 5.26 Å². The van der Waals surface area contributed by atoms with Gasteiger partial charge in [-0.2, -0.15) is 5.26 Å². The highest BCUT2D eigenvalue weighted by atomic mass is 16.5. The summed E-state index contributed by atoms with van der Waals surface area (Å²) in [4.78, 5) is 10.4. The maximum absolute atomic E-state index is 9.30. The Morgan fingerprint density at radius 2 is 2.12 bits per heavy atom. The largest absolute Gasteiger partial charge is 0.380 e. The van der Waals surface area contributed by atoms with Gasteiger partial charge in [0, 0.05) is 37.7 Å². The van der Waals surface area contributed by atoms with Gasteiger partial charge >= 0.3 is 0 Å². The summed E-state index contributed by atoms with van der Waals surface area (Å²) in [7, 11) is 0. The lowest BCUT2D eigenvalue weighted by Crippen LogP contribution is -2.30. The number of hydrogen-bond donors (Lipinski definition) is 0. The number of aryl methyl sites for hydroxylation is 1. The van der Waals surface area contributed by atoms with Gasteiger partial charge in [-0.15, -0.1) is 0 Å². The maximum atomic E-state index is 9.30. The van der Waals surface area contributed by atoms with E-state index in [0.29, 0.717) is 6.61 Å². The second-order valence-electron chi connectivity index (χ2n) is 4.10. The topological polar surface area (TPSA) is 62.0 Å². The summed E-state index contributed by atoms with van der Waals surface area (Å²) in [5, 5.41) is 9.30. The summed E-state index contributed by atoms with van der Waals surface area (Å²) >= 11 is 0. The van der Waals surface area contributed by atoms with Crippen LogP contribution in [0.4, 0.5) is 0 Å². The van der Waals surface area contributed by atoms with E-state index in [4.69, 9.17) is 4.74 Å². The van der Waals surface area contributed by atoms with Crippen LogP contribution in [-0.4, -0.2) is 41.2 Å². The molecule has 0 aromatic carbocycles. The second kappa shape index (κ2) is 5.71. The number of nitriles is 1. The van der Waals surface area contributed by atoms with Crippen molar-refractivity contribution in [3.63, 3.8) is 0 Å². The van der Waals surface area contributed by atoms with E-state index in [0.717, 1.165) is 37.5 Å². The van der Waals surface area contributed by atoms with Crippen molar-refractivity contribution in [3.8, 4) is 6.07 Å². The minimum Gasteiger partial charge on any atom is -0.380 e. The van der Waals surface area contributed by atoms with Crippen LogP contribution in [0.25, 0.3) is 0 Å². The van der Waals surface area contributed by atoms with Crippen LogP contribution in [0, 0.1) is 18.3 Å². The Morgan fingerprint density at radius 3 is 2.82 bits per heavy atom. The lowest BCUT2D eigenvalue weighted by Gasteiger charge is -2.24. The molecule has 0 aliphatic carbocycles. The van der Waals surface area contributed by atoms with Crippen molar-refractivity contribution >= 4 is 0 Å². The molecule has 2 heterocycles. The molecule has 5 heteroatoms. The predicted octanol–water partition coefficient (Wildman–Crippen LogP) is 1.07. The summed E-state index contributed by atoms with van der Waals surface area (Å²) < 4.78 is 5.39. The Morgan fingerprint density at radius 1 is 1.35 bits per heavy atom. The molecule has 1 aromatic rings. The average molecular weight is 232 g/mol. The van der Waals surface area contributed by atoms with Crippen molar-refractivity contribution in [1.82, 2.24) is 14.9 Å². The predicted molar refractivity (Wildman–Crippen MR) is 62.1 cm³/mol. The van der Waals surface area contributed by atoms with Gasteiger partial charge in [-0.1, -0.05) is 0 Å². The molecule has 0 bridgehead atoms. The van der Waals surface area contributed by atoms with Crippen LogP contribution < -0.4 is 0 Å². The van der Waals surface area contributed by atoms with Crippen LogP contribution in [0.3, 0.4) is 0 Å². The zero-order valence-corrected chi connectivity index (χ0v) is 9.96. The van der Waals surface area contributed by atoms with E-state index in [1.807, 2.05) is 6.92 Å². The van der Waals surface area contributed by atoms with Crippen LogP contribution >= 0.6 is 0 Å². The lowest BCUT2D eigenvalue weighted by atomic mass is 10.1. The van der Waals surface area contributed by atoms with Crippen molar-refractivity contribution in [2.24, 2.45) is 0 Å². The summed E-state index contributed by atoms with van der Waals surface area (Å²) in [6, 6.07) is 2.06. The molecule has 0 amide bonds. The van der Waals surface area contributed by atoms with Crippen LogP contribution in [0.2, 0.25) is 0 Å². The highest BCUT2D eigenvalue weighted by Crippen LogP contribution is 2.19. The zero-order valence-electron chi connectivity index (χ0n) is 9.96. The van der Waals surface area contributed by atoms with Gasteiger partial charge in [0.2, 0.25) is 0 Å². The average Bonchev–Trinajstić information content (AvgIpc) is 2.62. The van der Waals surface area contributed by atoms with Gasteiger partial charge < -0.3 is 4.74 Å². The van der Waals surface area contributed by atoms with Gasteiger partial charge in [0.15, 0.2) is 0 Å². The number of aromatic nitrogens is 2. The van der Waals surface area contributed by atoms with E-state index < -0.39 is 0 Å². The Bertz CT molecular complexity index is 390. The highest BCUT2D eigenvalue weighted by Gasteiger charge is 2.21. The summed E-state index contributed by atoms with van der Waals surface area (Å²) in [6.45, 7) is 4.97. The zero-order chi connectivity index (χ0) is 12.1. The fourth-order valence-corrected chi connectivity index (χ4v) is 1.93. The minimum atomic E-state index is -0.266. The Kier molecular flexibility index (Phi) is 4.02. The molecule has 5 nitrogen and oxygen atoms in total. The minimum absolute atomic E-state index is 0.266. The quantitative estimate of drug-likeness (QED) is 0.763. The first-order valence-corrected chi connectivity index (χ1v) is 5.81. The molecule has 17 heavy (non-hydrogen) atoms. The van der Waals surface area contributed by atoms with E-state index in [9.17, 15) is 5.26 Å². The van der Waals surface area contributed by atoms with E-state index in [-0.39, 0.29) is 6.04 Å². The monoisotopic (exact) mass is 232 g/mol. The van der Waals surface area contributed by atoms with Crippen molar-refractivity contribution in [2.75, 3.05) is 26.3 Å². The molecule has 2 rings (SSSR count). The Hall–Kier alpha value is -1.51. The first-order valence-electron chi connectivity index (χ1n) is 5.81. The van der Waals surface area contributed by atoms with Gasteiger partial charge in [0.1, 0.15) is 11.9 Å². The molecule has 1 aliphatic rings. The van der Waals surface area contributed by atoms with Crippen LogP contribution in [0.5, 0.6) is 0 Å². The fourth-order valence-electron chi connectivity index (χ4n) is 1.93. The third-order valence-corrected chi connectivity index (χ3v) is 2.86. The Labute approximate surface area is 101 Å². The van der Waals surface area contributed by atoms with E-state index >= 15 is 0 Å². The molecule has 1 aliphatic heterocycles. The normalized spacial score (nSPS) is 19.3. The smallest absolute Gasteiger partial charge is 0.126 e. The van der Waals surface area contributed by atoms with Crippen molar-refractivity contribution < 1.29 is 4.74 Å². The number of hydrogen-bond acceptors (Lipinski definition) is 5. The third-order valence-electron chi connectivity index (χ3n) is 2.86. The molecule has 1 unspecified atom stereocenters. The molecule has 0 N–H and O–H groups in total. The van der Waals surface area contributed by atoms with Gasteiger partial charge in [-0.3, -0.25) is 4.90 Å². The van der Waals surface area contributed by atoms with E-state index in [1.54, 1.807) is 12.4 Å². The maximum Gasteiger partial charge on any atom is 0.126 e. The number of ether oxygens (including phenoxy) is 1. The summed E-state index contributed by atoms with van der Waals surface area (Å²) in [6.07, 6.45) is 4.44. The molecule has 1 aromatic heterocycles. The molecule has 0 saturated carbocycles. The molecule has 0 spiro atoms. The standard InChI is InChI=1S/C12H16N4O/c1-10-14-8-11(9-15-10)12(7-13)16-3-2-5-17-6-4-16/h8-9,12H,2-6H2,1H3. The van der Waals surface area contributed by atoms with E-state index in [1.165, 1.54) is 0 Å². The van der Waals surface area contributed by atoms with Gasteiger partial charge in [0.05, 0.1) is 12.7 Å². The molecule has 1 saturated heterocycles. The highest BCUT2D eigenvalue weighted by molar-refractivity contribution is 5.18. The van der Waals surface area contributed by atoms with Crippen LogP contribution in [-0.2, 0) is 4.74 Å². The molecule has 1 fully saturated rings. The summed E-state index contributed by atoms with van der Waals surface area (Å²) in [5.41, 5.74) is 0.861. The molecular formula is C12H16N4O. The van der Waals surface area contributed by atoms with Crippen molar-refractivity contribution in [2.45, 2.75) is 19.4 Å². The summed E-state index contributed by atoms with van der Waals surface area (Å²) in [5.74, 6) is 0.727. The molecule has 0 radical (unpaired) electrons.